The maximum absolute atomic E-state index is 5.40. The summed E-state index contributed by atoms with van der Waals surface area (Å²) in [6, 6.07) is 0. The summed E-state index contributed by atoms with van der Waals surface area (Å²) in [6.45, 7) is 3.04. The molecule has 0 aliphatic carbocycles. The van der Waals surface area contributed by atoms with Gasteiger partial charge in [0.1, 0.15) is 0 Å². The predicted octanol–water partition coefficient (Wildman–Crippen LogP) is 2.51. The van der Waals surface area contributed by atoms with Crippen molar-refractivity contribution in [1.29, 1.82) is 0 Å². The average molecular weight is 205 g/mol. The van der Waals surface area contributed by atoms with Gasteiger partial charge < -0.3 is 4.74 Å². The van der Waals surface area contributed by atoms with Crippen LogP contribution in [0.15, 0.2) is 12.2 Å². The Balaban J connectivity index is 2.23. The third kappa shape index (κ3) is 2.84. The van der Waals surface area contributed by atoms with Gasteiger partial charge in [0.25, 0.3) is 0 Å². The predicted molar refractivity (Wildman–Crippen MR) is 46.5 cm³/mol. The van der Waals surface area contributed by atoms with Crippen LogP contribution in [0.3, 0.4) is 0 Å². The number of allylic oxidation sites excluding steroid dienone is 1. The van der Waals surface area contributed by atoms with Crippen LogP contribution in [0.25, 0.3) is 0 Å². The Morgan fingerprint density at radius 2 is 2.50 bits per heavy atom. The topological polar surface area (TPSA) is 9.23 Å². The summed E-state index contributed by atoms with van der Waals surface area (Å²) in [5.41, 5.74) is 0. The Kier molecular flexibility index (Phi) is 3.43. The highest BCUT2D eigenvalue weighted by Crippen LogP contribution is 2.13. The SMILES string of the molecule is CC(Br)/C=C/C1CCCO1. The van der Waals surface area contributed by atoms with Crippen LogP contribution in [0.4, 0.5) is 0 Å². The third-order valence-electron chi connectivity index (χ3n) is 1.56. The summed E-state index contributed by atoms with van der Waals surface area (Å²) in [5, 5.41) is 0. The maximum Gasteiger partial charge on any atom is 0.0757 e. The van der Waals surface area contributed by atoms with Gasteiger partial charge in [-0.25, -0.2) is 0 Å². The molecule has 1 nitrogen and oxygen atoms in total. The van der Waals surface area contributed by atoms with E-state index in [-0.39, 0.29) is 0 Å². The third-order valence-corrected chi connectivity index (χ3v) is 1.86. The molecule has 0 saturated carbocycles. The van der Waals surface area contributed by atoms with E-state index < -0.39 is 0 Å². The van der Waals surface area contributed by atoms with Crippen molar-refractivity contribution in [2.45, 2.75) is 30.7 Å². The Morgan fingerprint density at radius 3 is 3.00 bits per heavy atom. The summed E-state index contributed by atoms with van der Waals surface area (Å²) < 4.78 is 5.40. The molecule has 1 rings (SSSR count). The lowest BCUT2D eigenvalue weighted by atomic mass is 10.2. The molecule has 1 aliphatic rings. The van der Waals surface area contributed by atoms with Gasteiger partial charge in [0.05, 0.1) is 6.10 Å². The van der Waals surface area contributed by atoms with Crippen LogP contribution in [0.2, 0.25) is 0 Å². The quantitative estimate of drug-likeness (QED) is 0.497. The zero-order valence-electron chi connectivity index (χ0n) is 6.22. The number of rotatable bonds is 2. The van der Waals surface area contributed by atoms with Gasteiger partial charge in [-0.15, -0.1) is 0 Å². The minimum absolute atomic E-state index is 0.389. The van der Waals surface area contributed by atoms with Crippen LogP contribution < -0.4 is 0 Å². The second-order valence-corrected chi connectivity index (χ2v) is 4.06. The lowest BCUT2D eigenvalue weighted by Crippen LogP contribution is -1.99. The van der Waals surface area contributed by atoms with E-state index in [4.69, 9.17) is 4.74 Å². The summed E-state index contributed by atoms with van der Waals surface area (Å²) in [5.74, 6) is 0. The molecule has 1 aliphatic heterocycles. The molecule has 0 N–H and O–H groups in total. The van der Waals surface area contributed by atoms with Crippen molar-refractivity contribution in [2.75, 3.05) is 6.61 Å². The smallest absolute Gasteiger partial charge is 0.0757 e. The molecule has 0 aromatic heterocycles. The van der Waals surface area contributed by atoms with Gasteiger partial charge in [-0.05, 0) is 19.8 Å². The molecule has 58 valence electrons. The van der Waals surface area contributed by atoms with E-state index in [0.717, 1.165) is 6.61 Å². The van der Waals surface area contributed by atoms with Gasteiger partial charge in [0, 0.05) is 11.4 Å². The Hall–Kier alpha value is 0.180. The highest BCUT2D eigenvalue weighted by atomic mass is 79.9. The van der Waals surface area contributed by atoms with Crippen molar-refractivity contribution in [1.82, 2.24) is 0 Å². The lowest BCUT2D eigenvalue weighted by Gasteiger charge is -2.01. The monoisotopic (exact) mass is 204 g/mol. The second-order valence-electron chi connectivity index (χ2n) is 2.61. The highest BCUT2D eigenvalue weighted by molar-refractivity contribution is 9.09. The van der Waals surface area contributed by atoms with Gasteiger partial charge >= 0.3 is 0 Å². The van der Waals surface area contributed by atoms with Crippen molar-refractivity contribution in [3.63, 3.8) is 0 Å². The van der Waals surface area contributed by atoms with Crippen molar-refractivity contribution >= 4 is 15.9 Å². The molecule has 0 amide bonds. The first kappa shape index (κ1) is 8.28. The molecular weight excluding hydrogens is 192 g/mol. The fraction of sp³-hybridized carbons (Fsp3) is 0.750. The molecule has 0 radical (unpaired) electrons. The molecule has 0 bridgehead atoms. The molecule has 0 aromatic carbocycles. The Labute approximate surface area is 70.6 Å². The largest absolute Gasteiger partial charge is 0.374 e. The summed E-state index contributed by atoms with van der Waals surface area (Å²) in [4.78, 5) is 0.469. The van der Waals surface area contributed by atoms with Crippen molar-refractivity contribution in [3.05, 3.63) is 12.2 Å². The molecule has 0 aromatic rings. The van der Waals surface area contributed by atoms with E-state index in [1.54, 1.807) is 0 Å². The van der Waals surface area contributed by atoms with Crippen molar-refractivity contribution in [2.24, 2.45) is 0 Å². The molecule has 1 heterocycles. The fourth-order valence-corrected chi connectivity index (χ4v) is 1.21. The van der Waals surface area contributed by atoms with Crippen LogP contribution in [-0.2, 0) is 4.74 Å². The molecule has 2 atom stereocenters. The first-order chi connectivity index (χ1) is 4.79. The Morgan fingerprint density at radius 1 is 1.70 bits per heavy atom. The van der Waals surface area contributed by atoms with Crippen LogP contribution in [0, 0.1) is 0 Å². The number of ether oxygens (including phenoxy) is 1. The molecule has 2 unspecified atom stereocenters. The van der Waals surface area contributed by atoms with Crippen LogP contribution in [0.5, 0.6) is 0 Å². The normalized spacial score (nSPS) is 29.6. The fourth-order valence-electron chi connectivity index (χ4n) is 1.03. The summed E-state index contributed by atoms with van der Waals surface area (Å²) in [6.07, 6.45) is 7.07. The first-order valence-corrected chi connectivity index (χ1v) is 4.64. The number of halogens is 1. The molecular formula is C8H13BrO. The van der Waals surface area contributed by atoms with E-state index >= 15 is 0 Å². The number of hydrogen-bond donors (Lipinski definition) is 0. The second kappa shape index (κ2) is 4.14. The minimum Gasteiger partial charge on any atom is -0.374 e. The van der Waals surface area contributed by atoms with Gasteiger partial charge in [-0.1, -0.05) is 28.1 Å². The van der Waals surface area contributed by atoms with E-state index in [0.29, 0.717) is 10.9 Å². The molecule has 2 heteroatoms. The van der Waals surface area contributed by atoms with Gasteiger partial charge in [0.2, 0.25) is 0 Å². The zero-order chi connectivity index (χ0) is 7.40. The van der Waals surface area contributed by atoms with Crippen LogP contribution >= 0.6 is 15.9 Å². The number of alkyl halides is 1. The minimum atomic E-state index is 0.389. The summed E-state index contributed by atoms with van der Waals surface area (Å²) >= 11 is 3.44. The molecule has 10 heavy (non-hydrogen) atoms. The maximum atomic E-state index is 5.40. The van der Waals surface area contributed by atoms with E-state index in [2.05, 4.69) is 35.0 Å². The first-order valence-electron chi connectivity index (χ1n) is 3.73. The van der Waals surface area contributed by atoms with E-state index in [1.165, 1.54) is 12.8 Å². The van der Waals surface area contributed by atoms with Crippen molar-refractivity contribution in [3.8, 4) is 0 Å². The lowest BCUT2D eigenvalue weighted by molar-refractivity contribution is 0.145. The average Bonchev–Trinajstić information content (AvgIpc) is 2.34. The number of hydrogen-bond acceptors (Lipinski definition) is 1. The van der Waals surface area contributed by atoms with E-state index in [1.807, 2.05) is 0 Å². The highest BCUT2D eigenvalue weighted by Gasteiger charge is 2.11. The molecule has 1 saturated heterocycles. The van der Waals surface area contributed by atoms with Gasteiger partial charge in [0.15, 0.2) is 0 Å². The molecule has 0 spiro atoms. The van der Waals surface area contributed by atoms with Gasteiger partial charge in [-0.2, -0.15) is 0 Å². The van der Waals surface area contributed by atoms with Gasteiger partial charge in [-0.3, -0.25) is 0 Å². The zero-order valence-corrected chi connectivity index (χ0v) is 7.80. The van der Waals surface area contributed by atoms with Crippen LogP contribution in [-0.4, -0.2) is 17.5 Å². The summed E-state index contributed by atoms with van der Waals surface area (Å²) in [7, 11) is 0. The van der Waals surface area contributed by atoms with Crippen molar-refractivity contribution < 1.29 is 4.74 Å². The molecule has 1 fully saturated rings. The van der Waals surface area contributed by atoms with E-state index in [9.17, 15) is 0 Å². The van der Waals surface area contributed by atoms with Crippen LogP contribution in [0.1, 0.15) is 19.8 Å². The Bertz CT molecular complexity index is 114. The standard InChI is InChI=1S/C8H13BrO/c1-7(9)4-5-8-3-2-6-10-8/h4-5,7-8H,2-3,6H2,1H3/b5-4+.